The third-order valence-electron chi connectivity index (χ3n) is 2.39. The molecule has 2 aromatic rings. The highest BCUT2D eigenvalue weighted by molar-refractivity contribution is 5.71. The molecular weight excluding hydrogens is 205 g/mol. The Balaban J connectivity index is 2.51. The van der Waals surface area contributed by atoms with Crippen molar-refractivity contribution in [3.05, 3.63) is 48.3 Å². The second kappa shape index (κ2) is 4.23. The Morgan fingerprint density at radius 1 is 1.06 bits per heavy atom. The second-order valence-corrected chi connectivity index (χ2v) is 3.47. The van der Waals surface area contributed by atoms with E-state index in [9.17, 15) is 4.39 Å². The average Bonchev–Trinajstić information content (AvgIpc) is 2.30. The van der Waals surface area contributed by atoms with Crippen molar-refractivity contribution in [3.8, 4) is 16.9 Å². The number of hydrogen-bond donors (Lipinski definition) is 1. The summed E-state index contributed by atoms with van der Waals surface area (Å²) < 4.78 is 18.2. The highest BCUT2D eigenvalue weighted by atomic mass is 19.1. The summed E-state index contributed by atoms with van der Waals surface area (Å²) in [5, 5.41) is 0. The highest BCUT2D eigenvalue weighted by Gasteiger charge is 2.06. The normalized spacial score (nSPS) is 10.1. The van der Waals surface area contributed by atoms with Crippen LogP contribution in [0.25, 0.3) is 11.1 Å². The summed E-state index contributed by atoms with van der Waals surface area (Å²) in [4.78, 5) is 0. The van der Waals surface area contributed by atoms with Crippen LogP contribution < -0.4 is 10.5 Å². The predicted octanol–water partition coefficient (Wildman–Crippen LogP) is 3.08. The van der Waals surface area contributed by atoms with Gasteiger partial charge in [0.05, 0.1) is 7.11 Å². The molecule has 0 saturated heterocycles. The van der Waals surface area contributed by atoms with Crippen molar-refractivity contribution < 1.29 is 9.13 Å². The van der Waals surface area contributed by atoms with E-state index in [4.69, 9.17) is 10.5 Å². The fourth-order valence-corrected chi connectivity index (χ4v) is 1.57. The van der Waals surface area contributed by atoms with Crippen molar-refractivity contribution in [2.45, 2.75) is 0 Å². The van der Waals surface area contributed by atoms with Crippen molar-refractivity contribution in [1.82, 2.24) is 0 Å². The van der Waals surface area contributed by atoms with Crippen LogP contribution in [0.3, 0.4) is 0 Å². The van der Waals surface area contributed by atoms with Crippen LogP contribution in [0.1, 0.15) is 0 Å². The molecule has 0 aliphatic heterocycles. The van der Waals surface area contributed by atoms with Gasteiger partial charge in [-0.25, -0.2) is 4.39 Å². The van der Waals surface area contributed by atoms with Crippen LogP contribution in [0.5, 0.6) is 5.75 Å². The largest absolute Gasteiger partial charge is 0.496 e. The fourth-order valence-electron chi connectivity index (χ4n) is 1.57. The van der Waals surface area contributed by atoms with Gasteiger partial charge in [0.15, 0.2) is 0 Å². The minimum absolute atomic E-state index is 0.309. The number of nitrogen functional groups attached to an aromatic ring is 1. The molecule has 0 spiro atoms. The van der Waals surface area contributed by atoms with Crippen LogP contribution in [0.4, 0.5) is 10.1 Å². The molecule has 0 amide bonds. The molecule has 2 rings (SSSR count). The molecule has 0 aromatic heterocycles. The lowest BCUT2D eigenvalue weighted by atomic mass is 10.0. The second-order valence-electron chi connectivity index (χ2n) is 3.47. The first kappa shape index (κ1) is 10.5. The number of anilines is 1. The van der Waals surface area contributed by atoms with Gasteiger partial charge in [-0.05, 0) is 29.8 Å². The number of benzene rings is 2. The zero-order valence-electron chi connectivity index (χ0n) is 8.91. The Hall–Kier alpha value is -2.03. The molecule has 0 heterocycles. The van der Waals surface area contributed by atoms with Crippen molar-refractivity contribution in [3.63, 3.8) is 0 Å². The topological polar surface area (TPSA) is 35.2 Å². The minimum Gasteiger partial charge on any atom is -0.496 e. The molecule has 2 nitrogen and oxygen atoms in total. The van der Waals surface area contributed by atoms with Gasteiger partial charge in [0, 0.05) is 17.3 Å². The third kappa shape index (κ3) is 1.98. The monoisotopic (exact) mass is 217 g/mol. The molecule has 0 atom stereocenters. The van der Waals surface area contributed by atoms with E-state index in [1.807, 2.05) is 12.1 Å². The maximum absolute atomic E-state index is 13.0. The van der Waals surface area contributed by atoms with Gasteiger partial charge in [0.2, 0.25) is 0 Å². The van der Waals surface area contributed by atoms with Gasteiger partial charge in [-0.2, -0.15) is 0 Å². The van der Waals surface area contributed by atoms with Crippen LogP contribution in [-0.4, -0.2) is 7.11 Å². The van der Waals surface area contributed by atoms with Crippen molar-refractivity contribution in [2.24, 2.45) is 0 Å². The number of ether oxygens (including phenoxy) is 1. The number of halogens is 1. The van der Waals surface area contributed by atoms with Crippen LogP contribution in [0.2, 0.25) is 0 Å². The molecule has 3 heteroatoms. The number of methoxy groups -OCH3 is 1. The smallest absolute Gasteiger partial charge is 0.129 e. The number of nitrogens with two attached hydrogens (primary N) is 1. The third-order valence-corrected chi connectivity index (χ3v) is 2.39. The quantitative estimate of drug-likeness (QED) is 0.784. The van der Waals surface area contributed by atoms with Gasteiger partial charge in [0.25, 0.3) is 0 Å². The van der Waals surface area contributed by atoms with Crippen LogP contribution >= 0.6 is 0 Å². The zero-order valence-corrected chi connectivity index (χ0v) is 8.91. The number of hydrogen-bond acceptors (Lipinski definition) is 2. The van der Waals surface area contributed by atoms with Gasteiger partial charge in [-0.3, -0.25) is 0 Å². The first-order chi connectivity index (χ1) is 7.70. The Morgan fingerprint density at radius 2 is 1.75 bits per heavy atom. The Bertz CT molecular complexity index is 494. The Kier molecular flexibility index (Phi) is 2.77. The van der Waals surface area contributed by atoms with Gasteiger partial charge in [-0.15, -0.1) is 0 Å². The SMILES string of the molecule is COc1cc(F)ccc1-c1ccc(N)cc1. The first-order valence-electron chi connectivity index (χ1n) is 4.90. The molecule has 2 N–H and O–H groups in total. The lowest BCUT2D eigenvalue weighted by molar-refractivity contribution is 0.413. The molecule has 16 heavy (non-hydrogen) atoms. The van der Waals surface area contributed by atoms with E-state index in [2.05, 4.69) is 0 Å². The lowest BCUT2D eigenvalue weighted by Gasteiger charge is -2.08. The molecule has 0 fully saturated rings. The van der Waals surface area contributed by atoms with Crippen molar-refractivity contribution in [2.75, 3.05) is 12.8 Å². The maximum atomic E-state index is 13.0. The van der Waals surface area contributed by atoms with E-state index in [1.54, 1.807) is 18.2 Å². The summed E-state index contributed by atoms with van der Waals surface area (Å²) in [6.07, 6.45) is 0. The standard InChI is InChI=1S/C13H12FNO/c1-16-13-8-10(14)4-7-12(13)9-2-5-11(15)6-3-9/h2-8H,15H2,1H3. The van der Waals surface area contributed by atoms with Gasteiger partial charge >= 0.3 is 0 Å². The van der Waals surface area contributed by atoms with E-state index in [1.165, 1.54) is 19.2 Å². The predicted molar refractivity (Wildman–Crippen MR) is 62.8 cm³/mol. The summed E-state index contributed by atoms with van der Waals surface area (Å²) in [7, 11) is 1.52. The van der Waals surface area contributed by atoms with Crippen LogP contribution in [-0.2, 0) is 0 Å². The minimum atomic E-state index is -0.309. The number of rotatable bonds is 2. The average molecular weight is 217 g/mol. The molecule has 82 valence electrons. The van der Waals surface area contributed by atoms with Crippen molar-refractivity contribution >= 4 is 5.69 Å². The summed E-state index contributed by atoms with van der Waals surface area (Å²) in [6, 6.07) is 11.8. The van der Waals surface area contributed by atoms with E-state index in [-0.39, 0.29) is 5.82 Å². The summed E-state index contributed by atoms with van der Waals surface area (Å²) in [5.41, 5.74) is 8.11. The first-order valence-corrected chi connectivity index (χ1v) is 4.90. The summed E-state index contributed by atoms with van der Waals surface area (Å²) >= 11 is 0. The maximum Gasteiger partial charge on any atom is 0.129 e. The lowest BCUT2D eigenvalue weighted by Crippen LogP contribution is -1.90. The summed E-state index contributed by atoms with van der Waals surface area (Å²) in [5.74, 6) is 0.209. The molecular formula is C13H12FNO. The Labute approximate surface area is 93.5 Å². The van der Waals surface area contributed by atoms with Crippen LogP contribution in [0.15, 0.2) is 42.5 Å². The molecule has 2 aromatic carbocycles. The highest BCUT2D eigenvalue weighted by Crippen LogP contribution is 2.30. The van der Waals surface area contributed by atoms with E-state index in [0.29, 0.717) is 11.4 Å². The molecule has 0 saturated carbocycles. The van der Waals surface area contributed by atoms with Gasteiger partial charge < -0.3 is 10.5 Å². The molecule has 0 aliphatic rings. The fraction of sp³-hybridized carbons (Fsp3) is 0.0769. The van der Waals surface area contributed by atoms with E-state index < -0.39 is 0 Å². The van der Waals surface area contributed by atoms with Crippen LogP contribution in [0, 0.1) is 5.82 Å². The molecule has 0 radical (unpaired) electrons. The van der Waals surface area contributed by atoms with Gasteiger partial charge in [-0.1, -0.05) is 12.1 Å². The zero-order chi connectivity index (χ0) is 11.5. The molecule has 0 bridgehead atoms. The van der Waals surface area contributed by atoms with Gasteiger partial charge in [0.1, 0.15) is 11.6 Å². The van der Waals surface area contributed by atoms with Crippen molar-refractivity contribution in [1.29, 1.82) is 0 Å². The van der Waals surface area contributed by atoms with E-state index >= 15 is 0 Å². The van der Waals surface area contributed by atoms with E-state index in [0.717, 1.165) is 11.1 Å². The Morgan fingerprint density at radius 3 is 2.38 bits per heavy atom. The summed E-state index contributed by atoms with van der Waals surface area (Å²) in [6.45, 7) is 0. The molecule has 0 unspecified atom stereocenters. The molecule has 0 aliphatic carbocycles.